The molecule has 1 fully saturated rings. The lowest BCUT2D eigenvalue weighted by molar-refractivity contribution is -0.140. The molecule has 1 N–H and O–H groups in total. The van der Waals surface area contributed by atoms with Crippen molar-refractivity contribution < 1.29 is 23.5 Å². The monoisotopic (exact) mass is 594 g/mol. The van der Waals surface area contributed by atoms with Gasteiger partial charge in [-0.25, -0.2) is 9.37 Å². The summed E-state index contributed by atoms with van der Waals surface area (Å²) in [6.45, 7) is 9.64. The molecule has 0 unspecified atom stereocenters. The second kappa shape index (κ2) is 12.3. The van der Waals surface area contributed by atoms with Gasteiger partial charge in [-0.05, 0) is 28.7 Å². The van der Waals surface area contributed by atoms with Crippen molar-refractivity contribution >= 4 is 34.0 Å². The molecule has 42 heavy (non-hydrogen) atoms. The number of carbonyl (C=O) groups is 2. The Hall–Kier alpha value is -3.66. The van der Waals surface area contributed by atoms with Crippen molar-refractivity contribution in [1.29, 1.82) is 0 Å². The van der Waals surface area contributed by atoms with Crippen molar-refractivity contribution in [3.05, 3.63) is 70.5 Å². The molecule has 1 spiro atoms. The third kappa shape index (κ3) is 6.69. The molecule has 0 bridgehead atoms. The first-order valence-electron chi connectivity index (χ1n) is 14.4. The van der Waals surface area contributed by atoms with Crippen molar-refractivity contribution in [2.45, 2.75) is 64.0 Å². The van der Waals surface area contributed by atoms with Crippen LogP contribution in [0.1, 0.15) is 67.3 Å². The number of esters is 1. The van der Waals surface area contributed by atoms with Crippen LogP contribution in [0.15, 0.2) is 48.7 Å². The number of nitrogens with one attached hydrogen (secondary N) is 1. The fraction of sp³-hybridized carbons (Fsp3) is 0.469. The Morgan fingerprint density at radius 3 is 2.50 bits per heavy atom. The Kier molecular flexibility index (Phi) is 8.73. The zero-order chi connectivity index (χ0) is 29.9. The average molecular weight is 595 g/mol. The number of benzene rings is 2. The average Bonchev–Trinajstić information content (AvgIpc) is 3.41. The molecule has 3 aromatic rings. The summed E-state index contributed by atoms with van der Waals surface area (Å²) >= 11 is 1.32. The van der Waals surface area contributed by atoms with Gasteiger partial charge in [0, 0.05) is 52.0 Å². The Labute approximate surface area is 250 Å². The van der Waals surface area contributed by atoms with Gasteiger partial charge >= 0.3 is 5.97 Å². The predicted octanol–water partition coefficient (Wildman–Crippen LogP) is 5.70. The number of halogens is 1. The summed E-state index contributed by atoms with van der Waals surface area (Å²) in [5, 5.41) is 3.50. The maximum Gasteiger partial charge on any atom is 0.307 e. The zero-order valence-corrected chi connectivity index (χ0v) is 25.6. The van der Waals surface area contributed by atoms with E-state index in [0.717, 1.165) is 36.6 Å². The summed E-state index contributed by atoms with van der Waals surface area (Å²) in [7, 11) is 1.32. The van der Waals surface area contributed by atoms with Crippen molar-refractivity contribution in [1.82, 2.24) is 10.3 Å². The van der Waals surface area contributed by atoms with Crippen molar-refractivity contribution in [3.8, 4) is 5.75 Å². The number of hydrogen-bond acceptors (Lipinski definition) is 8. The fourth-order valence-electron chi connectivity index (χ4n) is 5.51. The van der Waals surface area contributed by atoms with Crippen LogP contribution in [0.4, 0.5) is 15.2 Å². The van der Waals surface area contributed by atoms with E-state index in [-0.39, 0.29) is 36.1 Å². The van der Waals surface area contributed by atoms with E-state index in [0.29, 0.717) is 30.3 Å². The Morgan fingerprint density at radius 2 is 1.81 bits per heavy atom. The molecule has 5 rings (SSSR count). The van der Waals surface area contributed by atoms with E-state index in [1.54, 1.807) is 12.3 Å². The lowest BCUT2D eigenvalue weighted by Crippen LogP contribution is -2.48. The summed E-state index contributed by atoms with van der Waals surface area (Å²) in [5.41, 5.74) is 2.86. The third-order valence-electron chi connectivity index (χ3n) is 8.14. The molecule has 224 valence electrons. The molecule has 0 saturated carbocycles. The van der Waals surface area contributed by atoms with Crippen LogP contribution in [0.5, 0.6) is 5.75 Å². The van der Waals surface area contributed by atoms with Gasteiger partial charge in [-0.15, -0.1) is 0 Å². The molecule has 8 nitrogen and oxygen atoms in total. The first kappa shape index (κ1) is 29.8. The number of carbonyl (C=O) groups excluding carboxylic acids is 2. The van der Waals surface area contributed by atoms with E-state index in [9.17, 15) is 9.59 Å². The molecule has 1 amide bonds. The highest BCUT2D eigenvalue weighted by atomic mass is 32.1. The minimum atomic E-state index is -0.483. The molecule has 0 aliphatic carbocycles. The number of amides is 1. The van der Waals surface area contributed by atoms with Crippen LogP contribution in [0.2, 0.25) is 0 Å². The van der Waals surface area contributed by atoms with Crippen molar-refractivity contribution in [2.24, 2.45) is 0 Å². The van der Waals surface area contributed by atoms with Crippen LogP contribution < -0.4 is 19.9 Å². The number of nitrogens with zero attached hydrogens (tertiary/aromatic N) is 3. The standard InChI is InChI=1S/C32H39FN4O4S/c1-31(2,3)23-10-8-22(9-11-23)21-37-19-15-32(41-28-24(33)6-5-7-25(28)37)13-17-36(18-14-32)30-35-20-26(42-30)29(39)34-16-12-27(38)40-4/h5-11,20H,12-19,21H2,1-4H3,(H,34,39). The number of ether oxygens (including phenoxy) is 2. The summed E-state index contributed by atoms with van der Waals surface area (Å²) in [6, 6.07) is 13.9. The number of rotatable bonds is 7. The van der Waals surface area contributed by atoms with Gasteiger partial charge in [0.05, 0.1) is 25.4 Å². The van der Waals surface area contributed by atoms with E-state index in [1.165, 1.54) is 35.6 Å². The van der Waals surface area contributed by atoms with Gasteiger partial charge in [0.2, 0.25) is 0 Å². The largest absolute Gasteiger partial charge is 0.482 e. The normalized spacial score (nSPS) is 16.4. The van der Waals surface area contributed by atoms with Crippen LogP contribution in [-0.2, 0) is 21.5 Å². The van der Waals surface area contributed by atoms with Crippen LogP contribution in [0.25, 0.3) is 0 Å². The molecule has 0 radical (unpaired) electrons. The quantitative estimate of drug-likeness (QED) is 0.351. The molecule has 2 aliphatic rings. The van der Waals surface area contributed by atoms with Gasteiger partial charge in [0.15, 0.2) is 16.7 Å². The van der Waals surface area contributed by atoms with Crippen molar-refractivity contribution in [2.75, 3.05) is 43.1 Å². The lowest BCUT2D eigenvalue weighted by atomic mass is 9.86. The molecule has 2 aromatic carbocycles. The Balaban J connectivity index is 1.25. The number of hydrogen-bond donors (Lipinski definition) is 1. The second-order valence-corrected chi connectivity index (χ2v) is 13.1. The predicted molar refractivity (Wildman–Crippen MR) is 163 cm³/mol. The molecule has 3 heterocycles. The lowest BCUT2D eigenvalue weighted by Gasteiger charge is -2.41. The Bertz CT molecular complexity index is 1410. The van der Waals surface area contributed by atoms with Gasteiger partial charge in [-0.3, -0.25) is 9.59 Å². The summed E-state index contributed by atoms with van der Waals surface area (Å²) < 4.78 is 26.4. The van der Waals surface area contributed by atoms with Crippen LogP contribution in [0, 0.1) is 5.82 Å². The highest BCUT2D eigenvalue weighted by molar-refractivity contribution is 7.17. The van der Waals surface area contributed by atoms with Gasteiger partial charge in [-0.2, -0.15) is 0 Å². The van der Waals surface area contributed by atoms with Crippen LogP contribution >= 0.6 is 11.3 Å². The molecule has 10 heteroatoms. The maximum atomic E-state index is 15.2. The first-order chi connectivity index (χ1) is 20.1. The van der Waals surface area contributed by atoms with E-state index in [2.05, 4.69) is 69.9 Å². The number of methoxy groups -OCH3 is 1. The second-order valence-electron chi connectivity index (χ2n) is 12.1. The number of piperidine rings is 1. The molecule has 0 atom stereocenters. The van der Waals surface area contributed by atoms with E-state index >= 15 is 4.39 Å². The summed E-state index contributed by atoms with van der Waals surface area (Å²) in [5.74, 6) is -0.644. The topological polar surface area (TPSA) is 84.0 Å². The highest BCUT2D eigenvalue weighted by Crippen LogP contribution is 2.43. The number of para-hydroxylation sites is 1. The zero-order valence-electron chi connectivity index (χ0n) is 24.7. The molecular weight excluding hydrogens is 555 g/mol. The molecule has 1 aromatic heterocycles. The minimum absolute atomic E-state index is 0.0876. The van der Waals surface area contributed by atoms with Crippen LogP contribution in [0.3, 0.4) is 0 Å². The van der Waals surface area contributed by atoms with Crippen LogP contribution in [-0.4, -0.2) is 55.8 Å². The minimum Gasteiger partial charge on any atom is -0.482 e. The van der Waals surface area contributed by atoms with Crippen molar-refractivity contribution in [3.63, 3.8) is 0 Å². The van der Waals surface area contributed by atoms with Gasteiger partial charge < -0.3 is 24.6 Å². The SMILES string of the molecule is COC(=O)CCNC(=O)c1cnc(N2CCC3(CC2)CCN(Cc2ccc(C(C)(C)C)cc2)c2cccc(F)c2O3)s1. The number of aromatic nitrogens is 1. The summed E-state index contributed by atoms with van der Waals surface area (Å²) in [4.78, 5) is 33.2. The van der Waals surface area contributed by atoms with Gasteiger partial charge in [-0.1, -0.05) is 62.4 Å². The number of thiazole rings is 1. The molecule has 2 aliphatic heterocycles. The first-order valence-corrected chi connectivity index (χ1v) is 15.3. The maximum absolute atomic E-state index is 15.2. The van der Waals surface area contributed by atoms with E-state index in [4.69, 9.17) is 4.74 Å². The van der Waals surface area contributed by atoms with E-state index < -0.39 is 5.60 Å². The summed E-state index contributed by atoms with van der Waals surface area (Å²) in [6.07, 6.45) is 3.90. The fourth-order valence-corrected chi connectivity index (χ4v) is 6.39. The van der Waals surface area contributed by atoms with Gasteiger partial charge in [0.25, 0.3) is 5.91 Å². The van der Waals surface area contributed by atoms with Gasteiger partial charge in [0.1, 0.15) is 10.5 Å². The highest BCUT2D eigenvalue weighted by Gasteiger charge is 2.41. The molecular formula is C32H39FN4O4S. The molecule has 1 saturated heterocycles. The number of anilines is 2. The Morgan fingerprint density at radius 1 is 1.10 bits per heavy atom. The smallest absolute Gasteiger partial charge is 0.307 e. The third-order valence-corrected chi connectivity index (χ3v) is 9.20. The van der Waals surface area contributed by atoms with E-state index in [1.807, 2.05) is 6.07 Å². The number of fused-ring (bicyclic) bond motifs is 1.